The summed E-state index contributed by atoms with van der Waals surface area (Å²) in [6.07, 6.45) is 1.03. The van der Waals surface area contributed by atoms with Crippen LogP contribution in [0.3, 0.4) is 0 Å². The van der Waals surface area contributed by atoms with E-state index in [2.05, 4.69) is 34.4 Å². The lowest BCUT2D eigenvalue weighted by molar-refractivity contribution is -0.159. The number of nitrogens with zero attached hydrogens (tertiary/aromatic N) is 2. The summed E-state index contributed by atoms with van der Waals surface area (Å²) in [5.41, 5.74) is 1.27. The standard InChI is InChI=1S/C14H19N3OS.C2H2O4/c1-17-9-11(8-14-15-5-6-16-14)19-13-4-3-10(18-2)7-12(13)17;3-1(4)2(5)6/h3-4,7,11H,5-6,8-9H2,1-2H3,(H,15,16);(H,3,4)(H,5,6). The number of carboxylic acids is 2. The van der Waals surface area contributed by atoms with E-state index in [1.807, 2.05) is 17.8 Å². The number of aliphatic imine (C=N–C) groups is 1. The number of nitrogens with one attached hydrogen (secondary N) is 1. The maximum atomic E-state index is 9.10. The van der Waals surface area contributed by atoms with Crippen molar-refractivity contribution in [2.45, 2.75) is 16.6 Å². The number of hydrogen-bond donors (Lipinski definition) is 3. The van der Waals surface area contributed by atoms with Gasteiger partial charge in [-0.15, -0.1) is 11.8 Å². The third kappa shape index (κ3) is 5.28. The van der Waals surface area contributed by atoms with Crippen molar-refractivity contribution in [1.82, 2.24) is 5.32 Å². The molecule has 1 atom stereocenters. The Hall–Kier alpha value is -2.42. The summed E-state index contributed by atoms with van der Waals surface area (Å²) in [7, 11) is 3.86. The Labute approximate surface area is 149 Å². The number of benzene rings is 1. The zero-order chi connectivity index (χ0) is 18.4. The first-order valence-corrected chi connectivity index (χ1v) is 8.58. The number of fused-ring (bicyclic) bond motifs is 1. The van der Waals surface area contributed by atoms with Crippen LogP contribution in [0.5, 0.6) is 5.75 Å². The van der Waals surface area contributed by atoms with Crippen molar-refractivity contribution in [3.8, 4) is 5.75 Å². The van der Waals surface area contributed by atoms with Gasteiger partial charge in [0, 0.05) is 42.8 Å². The Bertz CT molecular complexity index is 668. The fraction of sp³-hybridized carbons (Fsp3) is 0.438. The predicted octanol–water partition coefficient (Wildman–Crippen LogP) is 1.15. The third-order valence-electron chi connectivity index (χ3n) is 3.70. The number of aliphatic carboxylic acids is 2. The summed E-state index contributed by atoms with van der Waals surface area (Å²) >= 11 is 1.95. The molecule has 0 saturated carbocycles. The Morgan fingerprint density at radius 1 is 1.40 bits per heavy atom. The minimum absolute atomic E-state index is 0.565. The second kappa shape index (κ2) is 8.61. The van der Waals surface area contributed by atoms with Crippen molar-refractivity contribution in [2.75, 3.05) is 38.7 Å². The van der Waals surface area contributed by atoms with E-state index in [4.69, 9.17) is 24.5 Å². The van der Waals surface area contributed by atoms with Crippen LogP contribution in [-0.2, 0) is 9.59 Å². The average Bonchev–Trinajstić information content (AvgIpc) is 3.08. The third-order valence-corrected chi connectivity index (χ3v) is 4.94. The van der Waals surface area contributed by atoms with Crippen molar-refractivity contribution < 1.29 is 24.5 Å². The van der Waals surface area contributed by atoms with Gasteiger partial charge in [0.15, 0.2) is 0 Å². The van der Waals surface area contributed by atoms with Gasteiger partial charge in [-0.3, -0.25) is 4.99 Å². The topological polar surface area (TPSA) is 111 Å². The number of rotatable bonds is 3. The van der Waals surface area contributed by atoms with Crippen LogP contribution in [0, 0.1) is 0 Å². The maximum absolute atomic E-state index is 9.10. The van der Waals surface area contributed by atoms with Crippen LogP contribution in [0.25, 0.3) is 0 Å². The molecule has 0 aromatic heterocycles. The number of carboxylic acid groups (broad SMARTS) is 2. The first-order valence-electron chi connectivity index (χ1n) is 7.70. The van der Waals surface area contributed by atoms with E-state index in [-0.39, 0.29) is 0 Å². The quantitative estimate of drug-likeness (QED) is 0.682. The Morgan fingerprint density at radius 2 is 2.12 bits per heavy atom. The number of thioether (sulfide) groups is 1. The van der Waals surface area contributed by atoms with Crippen LogP contribution in [0.15, 0.2) is 28.1 Å². The van der Waals surface area contributed by atoms with E-state index in [9.17, 15) is 0 Å². The molecule has 1 aromatic carbocycles. The molecule has 0 saturated heterocycles. The lowest BCUT2D eigenvalue weighted by Gasteiger charge is -2.33. The summed E-state index contributed by atoms with van der Waals surface area (Å²) in [6, 6.07) is 6.31. The van der Waals surface area contributed by atoms with Crippen molar-refractivity contribution >= 4 is 35.2 Å². The van der Waals surface area contributed by atoms with E-state index in [1.54, 1.807) is 7.11 Å². The molecule has 25 heavy (non-hydrogen) atoms. The first-order chi connectivity index (χ1) is 11.9. The van der Waals surface area contributed by atoms with Crippen LogP contribution < -0.4 is 15.0 Å². The van der Waals surface area contributed by atoms with Gasteiger partial charge < -0.3 is 25.2 Å². The van der Waals surface area contributed by atoms with E-state index in [0.717, 1.165) is 31.8 Å². The predicted molar refractivity (Wildman–Crippen MR) is 96.1 cm³/mol. The molecule has 0 aliphatic carbocycles. The summed E-state index contributed by atoms with van der Waals surface area (Å²) < 4.78 is 5.30. The van der Waals surface area contributed by atoms with Crippen molar-refractivity contribution in [3.63, 3.8) is 0 Å². The number of hydrogen-bond acceptors (Lipinski definition) is 7. The van der Waals surface area contributed by atoms with Gasteiger partial charge in [-0.05, 0) is 12.1 Å². The number of amidine groups is 1. The van der Waals surface area contributed by atoms with Crippen LogP contribution in [-0.4, -0.2) is 67.0 Å². The van der Waals surface area contributed by atoms with Gasteiger partial charge in [0.1, 0.15) is 5.75 Å². The van der Waals surface area contributed by atoms with Gasteiger partial charge in [0.25, 0.3) is 0 Å². The molecule has 9 heteroatoms. The summed E-state index contributed by atoms with van der Waals surface area (Å²) in [6.45, 7) is 2.97. The number of anilines is 1. The summed E-state index contributed by atoms with van der Waals surface area (Å²) in [5, 5.41) is 18.7. The Balaban J connectivity index is 0.000000326. The highest BCUT2D eigenvalue weighted by molar-refractivity contribution is 8.00. The molecular formula is C16H21N3O5S. The van der Waals surface area contributed by atoms with Crippen LogP contribution in [0.2, 0.25) is 0 Å². The van der Waals surface area contributed by atoms with Gasteiger partial charge in [-0.2, -0.15) is 0 Å². The molecule has 3 rings (SSSR count). The molecule has 0 fully saturated rings. The SMILES string of the molecule is COc1ccc2c(c1)N(C)CC(CC1=NCCN1)S2.O=C(O)C(=O)O. The maximum Gasteiger partial charge on any atom is 0.414 e. The lowest BCUT2D eigenvalue weighted by Crippen LogP contribution is -2.34. The van der Waals surface area contributed by atoms with Crippen LogP contribution in [0.1, 0.15) is 6.42 Å². The number of ether oxygens (including phenoxy) is 1. The zero-order valence-electron chi connectivity index (χ0n) is 14.1. The molecule has 0 bridgehead atoms. The first kappa shape index (κ1) is 18.9. The molecule has 2 aliphatic heterocycles. The van der Waals surface area contributed by atoms with Gasteiger partial charge in [0.05, 0.1) is 25.2 Å². The Morgan fingerprint density at radius 3 is 2.68 bits per heavy atom. The van der Waals surface area contributed by atoms with Gasteiger partial charge in [-0.25, -0.2) is 9.59 Å². The largest absolute Gasteiger partial charge is 0.497 e. The van der Waals surface area contributed by atoms with E-state index in [0.29, 0.717) is 5.25 Å². The molecule has 2 heterocycles. The molecular weight excluding hydrogens is 346 g/mol. The molecule has 3 N–H and O–H groups in total. The average molecular weight is 367 g/mol. The van der Waals surface area contributed by atoms with Crippen molar-refractivity contribution in [2.24, 2.45) is 4.99 Å². The Kier molecular flexibility index (Phi) is 6.51. The minimum atomic E-state index is -1.82. The zero-order valence-corrected chi connectivity index (χ0v) is 14.9. The smallest absolute Gasteiger partial charge is 0.414 e. The second-order valence-corrected chi connectivity index (χ2v) is 6.87. The lowest BCUT2D eigenvalue weighted by atomic mass is 10.2. The monoisotopic (exact) mass is 367 g/mol. The van der Waals surface area contributed by atoms with Crippen LogP contribution >= 0.6 is 11.8 Å². The highest BCUT2D eigenvalue weighted by Crippen LogP contribution is 2.40. The minimum Gasteiger partial charge on any atom is -0.497 e. The fourth-order valence-electron chi connectivity index (χ4n) is 2.55. The molecule has 1 aromatic rings. The highest BCUT2D eigenvalue weighted by atomic mass is 32.2. The molecule has 2 aliphatic rings. The number of methoxy groups -OCH3 is 1. The van der Waals surface area contributed by atoms with Gasteiger partial charge >= 0.3 is 11.9 Å². The van der Waals surface area contributed by atoms with E-state index < -0.39 is 11.9 Å². The van der Waals surface area contributed by atoms with Crippen molar-refractivity contribution in [1.29, 1.82) is 0 Å². The van der Waals surface area contributed by atoms with E-state index in [1.165, 1.54) is 16.4 Å². The summed E-state index contributed by atoms with van der Waals surface area (Å²) in [5.74, 6) is -1.56. The highest BCUT2D eigenvalue weighted by Gasteiger charge is 2.25. The summed E-state index contributed by atoms with van der Waals surface area (Å²) in [4.78, 5) is 26.3. The second-order valence-electron chi connectivity index (χ2n) is 5.52. The molecule has 8 nitrogen and oxygen atoms in total. The van der Waals surface area contributed by atoms with E-state index >= 15 is 0 Å². The molecule has 0 amide bonds. The van der Waals surface area contributed by atoms with Crippen LogP contribution in [0.4, 0.5) is 5.69 Å². The molecule has 136 valence electrons. The molecule has 0 spiro atoms. The number of carbonyl (C=O) groups is 2. The normalized spacial score (nSPS) is 18.2. The van der Waals surface area contributed by atoms with Gasteiger partial charge in [0.2, 0.25) is 0 Å². The fourth-order valence-corrected chi connectivity index (χ4v) is 3.93. The molecule has 1 unspecified atom stereocenters. The molecule has 0 radical (unpaired) electrons. The van der Waals surface area contributed by atoms with Gasteiger partial charge in [-0.1, -0.05) is 0 Å². The van der Waals surface area contributed by atoms with Crippen molar-refractivity contribution in [3.05, 3.63) is 18.2 Å².